The van der Waals surface area contributed by atoms with Gasteiger partial charge in [0.05, 0.1) is 63.6 Å². The molecule has 0 atom stereocenters. The first-order chi connectivity index (χ1) is 49.6. The summed E-state index contributed by atoms with van der Waals surface area (Å²) in [5, 5.41) is 45.4. The number of anilines is 2. The third kappa shape index (κ3) is 33.2. The molecule has 0 unspecified atom stereocenters. The Bertz CT molecular complexity index is 3930. The van der Waals surface area contributed by atoms with Crippen LogP contribution in [-0.4, -0.2) is 66.6 Å². The molecule has 0 heterocycles. The monoisotopic (exact) mass is 1570 g/mol. The number of carbonyl (C=O) groups is 7. The van der Waals surface area contributed by atoms with E-state index in [4.69, 9.17) is 95.4 Å². The summed E-state index contributed by atoms with van der Waals surface area (Å²) in [6.07, 6.45) is 19.8. The highest BCUT2D eigenvalue weighted by molar-refractivity contribution is 6.63. The third-order valence-electron chi connectivity index (χ3n) is 15.0. The summed E-state index contributed by atoms with van der Waals surface area (Å²) in [6.45, 7) is 10.4. The summed E-state index contributed by atoms with van der Waals surface area (Å²) < 4.78 is 16.7. The van der Waals surface area contributed by atoms with E-state index in [0.29, 0.717) is 37.1 Å². The van der Waals surface area contributed by atoms with Crippen LogP contribution in [0.15, 0.2) is 114 Å². The fourth-order valence-electron chi connectivity index (χ4n) is 9.43. The molecule has 0 aromatic heterocycles. The van der Waals surface area contributed by atoms with Crippen molar-refractivity contribution in [1.82, 2.24) is 0 Å². The number of nitrogens with zero attached hydrogens (tertiary/aromatic N) is 5. The van der Waals surface area contributed by atoms with Crippen LogP contribution in [0, 0.1) is 30.3 Å². The van der Waals surface area contributed by atoms with Gasteiger partial charge in [-0.15, -0.1) is 0 Å². The van der Waals surface area contributed by atoms with Crippen LogP contribution in [-0.2, 0) is 28.7 Å². The first kappa shape index (κ1) is 89.9. The molecule has 6 aromatic rings. The molecule has 0 saturated carbocycles. The number of rotatable bonds is 36. The lowest BCUT2D eigenvalue weighted by molar-refractivity contribution is -0.385. The zero-order valence-electron chi connectivity index (χ0n) is 58.4. The molecule has 6 rings (SSSR count). The molecule has 0 aliphatic carbocycles. The van der Waals surface area contributed by atoms with Crippen molar-refractivity contribution in [2.24, 2.45) is 4.99 Å². The molecule has 0 spiro atoms. The van der Waals surface area contributed by atoms with Gasteiger partial charge in [-0.2, -0.15) is 0 Å². The molecule has 6 aromatic carbocycles. The van der Waals surface area contributed by atoms with E-state index >= 15 is 0 Å². The molecule has 562 valence electrons. The smallest absolute Gasteiger partial charge is 0.312 e. The van der Waals surface area contributed by atoms with E-state index in [9.17, 15) is 69.0 Å². The fourth-order valence-corrected chi connectivity index (χ4v) is 10.8. The Morgan fingerprint density at radius 1 is 0.452 bits per heavy atom. The minimum Gasteiger partial charge on any atom is -0.507 e. The average Bonchev–Trinajstić information content (AvgIpc) is 0.802. The van der Waals surface area contributed by atoms with Gasteiger partial charge in [0.1, 0.15) is 17.2 Å². The predicted molar refractivity (Wildman–Crippen MR) is 408 cm³/mol. The number of hydrogen-bond donors (Lipinski definition) is 2. The fraction of sp³-hybridized carbons (Fsp3) is 0.405. The van der Waals surface area contributed by atoms with Gasteiger partial charge in [-0.1, -0.05) is 201 Å². The van der Waals surface area contributed by atoms with Crippen LogP contribution >= 0.6 is 81.2 Å². The van der Waals surface area contributed by atoms with E-state index in [-0.39, 0.29) is 130 Å². The van der Waals surface area contributed by atoms with Crippen LogP contribution in [0.3, 0.4) is 0 Å². The molecule has 30 heteroatoms. The normalized spacial score (nSPS) is 10.7. The van der Waals surface area contributed by atoms with E-state index in [1.807, 2.05) is 6.92 Å². The maximum atomic E-state index is 13.8. The van der Waals surface area contributed by atoms with Crippen molar-refractivity contribution in [3.63, 3.8) is 0 Å². The lowest BCUT2D eigenvalue weighted by atomic mass is 10.1. The number of benzene rings is 6. The molecular formula is C74H85Cl7N6O17. The van der Waals surface area contributed by atoms with Gasteiger partial charge in [0.2, 0.25) is 17.0 Å². The van der Waals surface area contributed by atoms with Gasteiger partial charge in [0, 0.05) is 83.6 Å². The number of non-ortho nitro benzene ring substituents is 3. The first-order valence-electron chi connectivity index (χ1n) is 34.1. The Hall–Kier alpha value is -8.29. The SMILES string of the molecule is CCCCCCC(=O)Cl.CCCCCCC(=O)OC(=Nc1ccc([N+](=O)[O-])cc1Cl)c1cc(Cl)ccc1OC(=O)CCCCCC.CCCCCCC(=O)Oc1ccc(Cl)cc1C(=O)N(C(=O)CCCCCC)c1ccc([N+](=O)[O-])cc1Cl.O=C(Nc1ccc([N+](=O)[O-])cc1Cl)c1cc(Cl)ccc1O. The van der Waals surface area contributed by atoms with Crippen molar-refractivity contribution >= 4 is 162 Å². The highest BCUT2D eigenvalue weighted by atomic mass is 35.5. The number of carbonyl (C=O) groups excluding carboxylic acids is 7. The Morgan fingerprint density at radius 2 is 0.856 bits per heavy atom. The van der Waals surface area contributed by atoms with Crippen LogP contribution in [0.1, 0.15) is 221 Å². The van der Waals surface area contributed by atoms with E-state index in [1.54, 1.807) is 6.07 Å². The maximum absolute atomic E-state index is 13.8. The molecule has 0 aliphatic rings. The molecule has 23 nitrogen and oxygen atoms in total. The highest BCUT2D eigenvalue weighted by Crippen LogP contribution is 2.36. The molecular weight excluding hydrogens is 1490 g/mol. The highest BCUT2D eigenvalue weighted by Gasteiger charge is 2.31. The predicted octanol–water partition coefficient (Wildman–Crippen LogP) is 22.9. The van der Waals surface area contributed by atoms with Crippen molar-refractivity contribution < 1.29 is 67.6 Å². The van der Waals surface area contributed by atoms with E-state index in [1.165, 1.54) is 97.8 Å². The summed E-state index contributed by atoms with van der Waals surface area (Å²) in [5.41, 5.74) is -0.299. The number of aromatic hydroxyl groups is 1. The topological polar surface area (TPSA) is 324 Å². The zero-order valence-corrected chi connectivity index (χ0v) is 63.7. The second-order valence-corrected chi connectivity index (χ2v) is 26.3. The van der Waals surface area contributed by atoms with Gasteiger partial charge >= 0.3 is 17.9 Å². The number of amides is 3. The van der Waals surface area contributed by atoms with Gasteiger partial charge in [-0.05, 0) is 117 Å². The van der Waals surface area contributed by atoms with Crippen molar-refractivity contribution in [1.29, 1.82) is 0 Å². The largest absolute Gasteiger partial charge is 0.507 e. The van der Waals surface area contributed by atoms with Gasteiger partial charge in [-0.3, -0.25) is 63.9 Å². The number of aliphatic imine (C=N–C) groups is 1. The van der Waals surface area contributed by atoms with Gasteiger partial charge in [0.25, 0.3) is 28.9 Å². The van der Waals surface area contributed by atoms with Crippen molar-refractivity contribution in [2.75, 3.05) is 10.2 Å². The second kappa shape index (κ2) is 49.4. The number of nitro benzene ring substituents is 3. The molecule has 0 aliphatic heterocycles. The molecule has 104 heavy (non-hydrogen) atoms. The summed E-state index contributed by atoms with van der Waals surface area (Å²) in [7, 11) is 0. The number of phenols is 1. The van der Waals surface area contributed by atoms with Crippen LogP contribution in [0.2, 0.25) is 30.1 Å². The third-order valence-corrected chi connectivity index (χ3v) is 16.8. The number of nitrogens with one attached hydrogen (secondary N) is 1. The number of unbranched alkanes of at least 4 members (excludes halogenated alkanes) is 15. The number of halogens is 7. The molecule has 0 radical (unpaired) electrons. The van der Waals surface area contributed by atoms with Crippen LogP contribution in [0.5, 0.6) is 17.2 Å². The Kier molecular flexibility index (Phi) is 42.7. The summed E-state index contributed by atoms with van der Waals surface area (Å²) >= 11 is 41.7. The number of imide groups is 1. The molecule has 0 bridgehead atoms. The van der Waals surface area contributed by atoms with E-state index in [2.05, 4.69) is 38.0 Å². The first-order valence-corrected chi connectivity index (χ1v) is 36.7. The minimum atomic E-state index is -0.799. The van der Waals surface area contributed by atoms with Gasteiger partial charge < -0.3 is 24.6 Å². The van der Waals surface area contributed by atoms with E-state index in [0.717, 1.165) is 113 Å². The summed E-state index contributed by atoms with van der Waals surface area (Å²) in [4.78, 5) is 123. The molecule has 0 saturated heterocycles. The standard InChI is InChI=1S/2C27H32Cl2N2O6.C13H8Cl2N2O4.C7H13ClO/c1-3-5-7-9-11-25(32)36-24-16-13-19(28)17-21(24)27(37-26(33)12-10-8-6-4-2)30-23-15-14-20(31(34)35)18-22(23)29;1-3-5-7-9-11-25(32)30(23-15-14-20(31(35)36)18-22(23)29)27(34)21-17-19(28)13-16-24(21)37-26(33)12-10-8-6-4-2;14-7-1-4-12(18)9(5-7)13(19)16-11-3-2-8(17(20)21)6-10(11)15;1-2-3-4-5-6-7(8)9/h2*13-18H,3-12H2,1-2H3;1-6,18H,(H,16,19);2-6H2,1H3. The number of hydrogen-bond acceptors (Lipinski definition) is 18. The number of phenolic OH excluding ortho intramolecular Hbond substituents is 1. The van der Waals surface area contributed by atoms with Crippen LogP contribution in [0.4, 0.5) is 34.1 Å². The summed E-state index contributed by atoms with van der Waals surface area (Å²) in [5.74, 6) is -3.74. The Labute approximate surface area is 639 Å². The average molecular weight is 1580 g/mol. The lowest BCUT2D eigenvalue weighted by Crippen LogP contribution is -2.37. The van der Waals surface area contributed by atoms with Crippen LogP contribution < -0.4 is 19.7 Å². The molecule has 2 N–H and O–H groups in total. The molecule has 3 amide bonds. The Balaban J connectivity index is 0.000000393. The van der Waals surface area contributed by atoms with Crippen molar-refractivity contribution in [3.8, 4) is 17.2 Å². The molecule has 0 fully saturated rings. The quantitative estimate of drug-likeness (QED) is 0.00539. The number of esters is 3. The minimum absolute atomic E-state index is 0.00502. The second-order valence-electron chi connectivity index (χ2n) is 23.4. The summed E-state index contributed by atoms with van der Waals surface area (Å²) in [6, 6.07) is 23.6. The van der Waals surface area contributed by atoms with Gasteiger partial charge in [-0.25, -0.2) is 9.89 Å². The number of nitro groups is 3. The van der Waals surface area contributed by atoms with Crippen molar-refractivity contribution in [2.45, 2.75) is 195 Å². The van der Waals surface area contributed by atoms with Gasteiger partial charge in [0.15, 0.2) is 0 Å². The number of ether oxygens (including phenoxy) is 3. The zero-order chi connectivity index (χ0) is 77.3. The lowest BCUT2D eigenvalue weighted by Gasteiger charge is -2.23. The van der Waals surface area contributed by atoms with Crippen molar-refractivity contribution in [3.05, 3.63) is 186 Å². The van der Waals surface area contributed by atoms with E-state index < -0.39 is 50.4 Å². The maximum Gasteiger partial charge on any atom is 0.312 e. The van der Waals surface area contributed by atoms with Crippen LogP contribution in [0.25, 0.3) is 0 Å². The Morgan fingerprint density at radius 3 is 1.31 bits per heavy atom.